The van der Waals surface area contributed by atoms with Gasteiger partial charge in [0.2, 0.25) is 11.8 Å². The molecular formula is C27H36N2O7S. The molecule has 9 nitrogen and oxygen atoms in total. The van der Waals surface area contributed by atoms with Crippen LogP contribution in [-0.2, 0) is 29.0 Å². The molecule has 1 atom stereocenters. The Morgan fingerprint density at radius 1 is 1.05 bits per heavy atom. The Morgan fingerprint density at radius 2 is 1.76 bits per heavy atom. The maximum Gasteiger partial charge on any atom is 0.303 e. The van der Waals surface area contributed by atoms with Crippen LogP contribution in [0.3, 0.4) is 0 Å². The number of hydrogen-bond donors (Lipinski definition) is 1. The smallest absolute Gasteiger partial charge is 0.303 e. The second-order valence-electron chi connectivity index (χ2n) is 9.38. The zero-order valence-corrected chi connectivity index (χ0v) is 22.1. The molecule has 2 aromatic carbocycles. The fourth-order valence-corrected chi connectivity index (χ4v) is 6.07. The summed E-state index contributed by atoms with van der Waals surface area (Å²) >= 11 is 0. The molecule has 0 spiro atoms. The quantitative estimate of drug-likeness (QED) is 0.394. The standard InChI is InChI=1S/C27H36N2O7S/c1-2-3-6-13-29(19-25(30)28-14-16-36-17-15-28)27(33)23(10-12-26(31)32)20-37(34,35)24-11-9-21-7-4-5-8-22(21)18-24/h4-5,7-9,11,18,23H,2-3,6,10,12-17,19-20H2,1H3,(H,31,32). The minimum Gasteiger partial charge on any atom is -0.481 e. The van der Waals surface area contributed by atoms with Gasteiger partial charge in [0.05, 0.1) is 36.3 Å². The largest absolute Gasteiger partial charge is 0.481 e. The second-order valence-corrected chi connectivity index (χ2v) is 11.4. The Hall–Kier alpha value is -2.98. The van der Waals surface area contributed by atoms with E-state index in [1.54, 1.807) is 17.0 Å². The fraction of sp³-hybridized carbons (Fsp3) is 0.519. The summed E-state index contributed by atoms with van der Waals surface area (Å²) in [6, 6.07) is 12.2. The number of hydrogen-bond acceptors (Lipinski definition) is 6. The molecule has 0 bridgehead atoms. The van der Waals surface area contributed by atoms with Crippen molar-refractivity contribution < 1.29 is 32.6 Å². The number of ether oxygens (including phenoxy) is 1. The van der Waals surface area contributed by atoms with Crippen LogP contribution in [0, 0.1) is 5.92 Å². The first-order chi connectivity index (χ1) is 17.7. The van der Waals surface area contributed by atoms with Crippen LogP contribution in [0.25, 0.3) is 10.8 Å². The van der Waals surface area contributed by atoms with E-state index in [0.717, 1.165) is 23.6 Å². The van der Waals surface area contributed by atoms with Crippen LogP contribution in [0.4, 0.5) is 0 Å². The van der Waals surface area contributed by atoms with E-state index in [1.165, 1.54) is 11.0 Å². The third-order valence-corrected chi connectivity index (χ3v) is 8.40. The Morgan fingerprint density at radius 3 is 2.43 bits per heavy atom. The van der Waals surface area contributed by atoms with Crippen LogP contribution in [0.5, 0.6) is 0 Å². The topological polar surface area (TPSA) is 121 Å². The molecule has 202 valence electrons. The molecule has 0 aliphatic carbocycles. The van der Waals surface area contributed by atoms with Crippen LogP contribution >= 0.6 is 0 Å². The summed E-state index contributed by atoms with van der Waals surface area (Å²) in [7, 11) is -3.90. The number of morpholine rings is 1. The lowest BCUT2D eigenvalue weighted by molar-refractivity contribution is -0.145. The maximum absolute atomic E-state index is 13.7. The summed E-state index contributed by atoms with van der Waals surface area (Å²) in [5.41, 5.74) is 0. The van der Waals surface area contributed by atoms with Crippen LogP contribution < -0.4 is 0 Å². The van der Waals surface area contributed by atoms with Crippen molar-refractivity contribution in [1.29, 1.82) is 0 Å². The van der Waals surface area contributed by atoms with E-state index in [2.05, 4.69) is 0 Å². The third-order valence-electron chi connectivity index (χ3n) is 6.59. The first-order valence-corrected chi connectivity index (χ1v) is 14.4. The average molecular weight is 533 g/mol. The van der Waals surface area contributed by atoms with Crippen molar-refractivity contribution in [2.75, 3.05) is 45.1 Å². The Labute approximate surface area is 218 Å². The molecule has 2 aromatic rings. The zero-order valence-electron chi connectivity index (χ0n) is 21.3. The Kier molecular flexibility index (Phi) is 10.5. The molecule has 1 aliphatic heterocycles. The van der Waals surface area contributed by atoms with Crippen molar-refractivity contribution in [3.05, 3.63) is 42.5 Å². The van der Waals surface area contributed by atoms with Crippen molar-refractivity contribution in [3.8, 4) is 0 Å². The monoisotopic (exact) mass is 532 g/mol. The van der Waals surface area contributed by atoms with Gasteiger partial charge < -0.3 is 19.6 Å². The summed E-state index contributed by atoms with van der Waals surface area (Å²) in [5, 5.41) is 10.9. The lowest BCUT2D eigenvalue weighted by atomic mass is 10.0. The van der Waals surface area contributed by atoms with Crippen molar-refractivity contribution in [3.63, 3.8) is 0 Å². The highest BCUT2D eigenvalue weighted by Crippen LogP contribution is 2.24. The molecule has 37 heavy (non-hydrogen) atoms. The van der Waals surface area contributed by atoms with Crippen LogP contribution in [-0.4, -0.2) is 86.3 Å². The summed E-state index contributed by atoms with van der Waals surface area (Å²) in [4.78, 5) is 41.1. The number of rotatable bonds is 13. The van der Waals surface area contributed by atoms with Gasteiger partial charge in [-0.3, -0.25) is 14.4 Å². The molecule has 1 heterocycles. The number of aliphatic carboxylic acids is 1. The lowest BCUT2D eigenvalue weighted by Gasteiger charge is -2.31. The summed E-state index contributed by atoms with van der Waals surface area (Å²) < 4.78 is 32.1. The molecule has 10 heteroatoms. The molecule has 1 aliphatic rings. The first kappa shape index (κ1) is 28.6. The minimum absolute atomic E-state index is 0.0845. The van der Waals surface area contributed by atoms with Crippen LogP contribution in [0.1, 0.15) is 39.0 Å². The van der Waals surface area contributed by atoms with E-state index in [9.17, 15) is 27.9 Å². The Bertz CT molecular complexity index is 1190. The van der Waals surface area contributed by atoms with Gasteiger partial charge in [0, 0.05) is 26.1 Å². The molecule has 2 amide bonds. The molecule has 0 radical (unpaired) electrons. The van der Waals surface area contributed by atoms with Gasteiger partial charge in [0.15, 0.2) is 9.84 Å². The number of nitrogens with zero attached hydrogens (tertiary/aromatic N) is 2. The first-order valence-electron chi connectivity index (χ1n) is 12.8. The zero-order chi connectivity index (χ0) is 26.8. The molecular weight excluding hydrogens is 496 g/mol. The van der Waals surface area contributed by atoms with E-state index >= 15 is 0 Å². The van der Waals surface area contributed by atoms with Crippen molar-refractivity contribution in [2.45, 2.75) is 43.9 Å². The van der Waals surface area contributed by atoms with Gasteiger partial charge in [-0.15, -0.1) is 0 Å². The van der Waals surface area contributed by atoms with E-state index in [0.29, 0.717) is 39.3 Å². The van der Waals surface area contributed by atoms with Crippen LogP contribution in [0.15, 0.2) is 47.4 Å². The average Bonchev–Trinajstić information content (AvgIpc) is 2.90. The number of benzene rings is 2. The molecule has 1 unspecified atom stereocenters. The van der Waals surface area contributed by atoms with Crippen molar-refractivity contribution in [1.82, 2.24) is 9.80 Å². The van der Waals surface area contributed by atoms with E-state index < -0.39 is 33.4 Å². The second kappa shape index (κ2) is 13.5. The number of carbonyl (C=O) groups is 3. The Balaban J connectivity index is 1.83. The highest BCUT2D eigenvalue weighted by atomic mass is 32.2. The molecule has 3 rings (SSSR count). The number of carbonyl (C=O) groups excluding carboxylic acids is 2. The number of carboxylic acid groups (broad SMARTS) is 1. The molecule has 1 fully saturated rings. The number of fused-ring (bicyclic) bond motifs is 1. The molecule has 0 aromatic heterocycles. The number of unbranched alkanes of at least 4 members (excludes halogenated alkanes) is 2. The SMILES string of the molecule is CCCCCN(CC(=O)N1CCOCC1)C(=O)C(CCC(=O)O)CS(=O)(=O)c1ccc2ccccc2c1. The summed E-state index contributed by atoms with van der Waals surface area (Å²) in [6.07, 6.45) is 1.96. The number of sulfone groups is 1. The lowest BCUT2D eigenvalue weighted by Crippen LogP contribution is -2.49. The summed E-state index contributed by atoms with van der Waals surface area (Å²) in [6.45, 7) is 3.91. The van der Waals surface area contributed by atoms with Gasteiger partial charge in [0.1, 0.15) is 0 Å². The number of carboxylic acids is 1. The molecule has 1 N–H and O–H groups in total. The van der Waals surface area contributed by atoms with E-state index in [4.69, 9.17) is 4.74 Å². The van der Waals surface area contributed by atoms with Gasteiger partial charge in [-0.25, -0.2) is 8.42 Å². The predicted octanol–water partition coefficient (Wildman–Crippen LogP) is 2.97. The van der Waals surface area contributed by atoms with Gasteiger partial charge in [0.25, 0.3) is 0 Å². The van der Waals surface area contributed by atoms with E-state index in [1.807, 2.05) is 31.2 Å². The third kappa shape index (κ3) is 8.26. The number of amides is 2. The minimum atomic E-state index is -3.90. The molecule has 1 saturated heterocycles. The summed E-state index contributed by atoms with van der Waals surface area (Å²) in [5.74, 6) is -3.42. The van der Waals surface area contributed by atoms with Gasteiger partial charge >= 0.3 is 5.97 Å². The fourth-order valence-electron chi connectivity index (χ4n) is 4.45. The van der Waals surface area contributed by atoms with Crippen molar-refractivity contribution in [2.24, 2.45) is 5.92 Å². The van der Waals surface area contributed by atoms with Crippen molar-refractivity contribution >= 4 is 38.4 Å². The highest BCUT2D eigenvalue weighted by Gasteiger charge is 2.32. The predicted molar refractivity (Wildman–Crippen MR) is 140 cm³/mol. The van der Waals surface area contributed by atoms with Gasteiger partial charge in [-0.2, -0.15) is 0 Å². The van der Waals surface area contributed by atoms with E-state index in [-0.39, 0.29) is 30.2 Å². The maximum atomic E-state index is 13.7. The molecule has 0 saturated carbocycles. The highest BCUT2D eigenvalue weighted by molar-refractivity contribution is 7.91. The normalized spacial score (nSPS) is 14.9. The van der Waals surface area contributed by atoms with Gasteiger partial charge in [-0.1, -0.05) is 50.1 Å². The van der Waals surface area contributed by atoms with Crippen LogP contribution in [0.2, 0.25) is 0 Å². The van der Waals surface area contributed by atoms with Gasteiger partial charge in [-0.05, 0) is 35.7 Å².